The minimum Gasteiger partial charge on any atom is -0.388 e. The van der Waals surface area contributed by atoms with Crippen LogP contribution in [0.1, 0.15) is 12.8 Å². The highest BCUT2D eigenvalue weighted by Crippen LogP contribution is 2.16. The van der Waals surface area contributed by atoms with E-state index in [0.717, 1.165) is 25.9 Å². The zero-order valence-corrected chi connectivity index (χ0v) is 10.4. The van der Waals surface area contributed by atoms with Gasteiger partial charge in [0.15, 0.2) is 0 Å². The van der Waals surface area contributed by atoms with Crippen LogP contribution in [-0.4, -0.2) is 27.8 Å². The van der Waals surface area contributed by atoms with Crippen LogP contribution < -0.4 is 5.76 Å². The Balaban J connectivity index is 1.84. The second-order valence-corrected chi connectivity index (χ2v) is 4.65. The van der Waals surface area contributed by atoms with Crippen molar-refractivity contribution in [2.24, 2.45) is 0 Å². The van der Waals surface area contributed by atoms with Gasteiger partial charge in [0.05, 0.1) is 0 Å². The molecule has 0 saturated carbocycles. The largest absolute Gasteiger partial charge is 0.438 e. The van der Waals surface area contributed by atoms with Gasteiger partial charge in [-0.2, -0.15) is 4.68 Å². The highest BCUT2D eigenvalue weighted by atomic mass is 19.1. The fraction of sp³-hybridized carbons (Fsp3) is 0.385. The topological polar surface area (TPSA) is 51.3 Å². The lowest BCUT2D eigenvalue weighted by molar-refractivity contribution is 0.245. The molecule has 2 aromatic rings. The van der Waals surface area contributed by atoms with E-state index in [1.165, 1.54) is 16.8 Å². The summed E-state index contributed by atoms with van der Waals surface area (Å²) < 4.78 is 19.2. The molecule has 100 valence electrons. The lowest BCUT2D eigenvalue weighted by atomic mass is 10.2. The van der Waals surface area contributed by atoms with Gasteiger partial charge >= 0.3 is 5.76 Å². The second-order valence-electron chi connectivity index (χ2n) is 4.65. The van der Waals surface area contributed by atoms with Crippen molar-refractivity contribution in [2.45, 2.75) is 19.5 Å². The highest BCUT2D eigenvalue weighted by Gasteiger charge is 2.16. The number of hydrogen-bond donors (Lipinski definition) is 0. The van der Waals surface area contributed by atoms with Gasteiger partial charge < -0.3 is 4.42 Å². The Kier molecular flexibility index (Phi) is 3.16. The van der Waals surface area contributed by atoms with Gasteiger partial charge in [0.2, 0.25) is 5.89 Å². The van der Waals surface area contributed by atoms with Crippen molar-refractivity contribution in [1.82, 2.24) is 14.7 Å². The van der Waals surface area contributed by atoms with E-state index in [1.807, 2.05) is 0 Å². The number of benzene rings is 1. The third kappa shape index (κ3) is 2.58. The lowest BCUT2D eigenvalue weighted by Crippen LogP contribution is -2.29. The maximum Gasteiger partial charge on any atom is 0.438 e. The standard InChI is InChI=1S/C13H14FN3O2/c14-11-5-3-10(4-6-11)12-15-17(13(18)19-12)9-16-7-1-2-8-16/h3-6H,1-2,7-9H2. The first kappa shape index (κ1) is 12.1. The molecule has 1 aliphatic heterocycles. The molecule has 2 heterocycles. The van der Waals surface area contributed by atoms with E-state index >= 15 is 0 Å². The Labute approximate surface area is 109 Å². The van der Waals surface area contributed by atoms with E-state index in [0.29, 0.717) is 12.2 Å². The normalized spacial score (nSPS) is 16.1. The van der Waals surface area contributed by atoms with E-state index in [1.54, 1.807) is 12.1 Å². The van der Waals surface area contributed by atoms with Gasteiger partial charge in [-0.15, -0.1) is 5.10 Å². The van der Waals surface area contributed by atoms with Gasteiger partial charge in [-0.25, -0.2) is 9.18 Å². The summed E-state index contributed by atoms with van der Waals surface area (Å²) in [6.45, 7) is 2.40. The molecule has 3 rings (SSSR count). The molecule has 0 N–H and O–H groups in total. The zero-order chi connectivity index (χ0) is 13.2. The highest BCUT2D eigenvalue weighted by molar-refractivity contribution is 5.51. The Morgan fingerprint density at radius 1 is 1.21 bits per heavy atom. The summed E-state index contributed by atoms with van der Waals surface area (Å²) >= 11 is 0. The average Bonchev–Trinajstić information content (AvgIpc) is 3.02. The number of hydrogen-bond acceptors (Lipinski definition) is 4. The fourth-order valence-electron chi connectivity index (χ4n) is 2.22. The van der Waals surface area contributed by atoms with E-state index < -0.39 is 5.76 Å². The molecule has 5 nitrogen and oxygen atoms in total. The van der Waals surface area contributed by atoms with Crippen molar-refractivity contribution in [3.8, 4) is 11.5 Å². The van der Waals surface area contributed by atoms with Crippen LogP contribution in [-0.2, 0) is 6.67 Å². The molecule has 1 aliphatic rings. The van der Waals surface area contributed by atoms with E-state index in [4.69, 9.17) is 4.42 Å². The maximum absolute atomic E-state index is 12.8. The maximum atomic E-state index is 12.8. The van der Waals surface area contributed by atoms with Crippen LogP contribution in [0.25, 0.3) is 11.5 Å². The Morgan fingerprint density at radius 2 is 1.89 bits per heavy atom. The molecule has 1 aromatic heterocycles. The summed E-state index contributed by atoms with van der Waals surface area (Å²) in [5.74, 6) is -0.585. The Bertz CT molecular complexity index is 612. The summed E-state index contributed by atoms with van der Waals surface area (Å²) in [6.07, 6.45) is 2.30. The molecule has 1 aromatic carbocycles. The number of likely N-dealkylation sites (tertiary alicyclic amines) is 1. The van der Waals surface area contributed by atoms with Crippen molar-refractivity contribution in [3.63, 3.8) is 0 Å². The van der Waals surface area contributed by atoms with Crippen LogP contribution in [0.15, 0.2) is 33.5 Å². The third-order valence-corrected chi connectivity index (χ3v) is 3.23. The molecular formula is C13H14FN3O2. The Morgan fingerprint density at radius 3 is 2.58 bits per heavy atom. The Hall–Kier alpha value is -1.95. The molecule has 0 radical (unpaired) electrons. The van der Waals surface area contributed by atoms with E-state index in [9.17, 15) is 9.18 Å². The molecule has 0 aliphatic carbocycles. The molecule has 0 atom stereocenters. The molecule has 1 fully saturated rings. The van der Waals surface area contributed by atoms with Gasteiger partial charge in [-0.1, -0.05) is 0 Å². The summed E-state index contributed by atoms with van der Waals surface area (Å²) in [5.41, 5.74) is 0.596. The smallest absolute Gasteiger partial charge is 0.388 e. The number of rotatable bonds is 3. The first-order valence-electron chi connectivity index (χ1n) is 6.28. The van der Waals surface area contributed by atoms with Gasteiger partial charge in [-0.05, 0) is 50.2 Å². The predicted molar refractivity (Wildman–Crippen MR) is 67.0 cm³/mol. The number of aromatic nitrogens is 2. The molecule has 6 heteroatoms. The van der Waals surface area contributed by atoms with E-state index in [-0.39, 0.29) is 11.7 Å². The van der Waals surface area contributed by atoms with Crippen molar-refractivity contribution < 1.29 is 8.81 Å². The quantitative estimate of drug-likeness (QED) is 0.845. The van der Waals surface area contributed by atoms with Crippen LogP contribution in [0.5, 0.6) is 0 Å². The van der Waals surface area contributed by atoms with Crippen LogP contribution in [0, 0.1) is 5.82 Å². The summed E-state index contributed by atoms with van der Waals surface area (Å²) in [7, 11) is 0. The zero-order valence-electron chi connectivity index (χ0n) is 10.4. The van der Waals surface area contributed by atoms with Crippen LogP contribution in [0.4, 0.5) is 4.39 Å². The van der Waals surface area contributed by atoms with Gasteiger partial charge in [0.25, 0.3) is 0 Å². The fourth-order valence-corrected chi connectivity index (χ4v) is 2.22. The van der Waals surface area contributed by atoms with Crippen molar-refractivity contribution in [1.29, 1.82) is 0 Å². The first-order valence-corrected chi connectivity index (χ1v) is 6.28. The van der Waals surface area contributed by atoms with Crippen LogP contribution in [0.2, 0.25) is 0 Å². The van der Waals surface area contributed by atoms with Crippen molar-refractivity contribution >= 4 is 0 Å². The molecule has 1 saturated heterocycles. The van der Waals surface area contributed by atoms with Gasteiger partial charge in [0, 0.05) is 5.56 Å². The van der Waals surface area contributed by atoms with E-state index in [2.05, 4.69) is 10.00 Å². The van der Waals surface area contributed by atoms with Crippen LogP contribution >= 0.6 is 0 Å². The third-order valence-electron chi connectivity index (χ3n) is 3.23. The van der Waals surface area contributed by atoms with Crippen molar-refractivity contribution in [3.05, 3.63) is 40.6 Å². The van der Waals surface area contributed by atoms with Crippen LogP contribution in [0.3, 0.4) is 0 Å². The number of nitrogens with zero attached hydrogens (tertiary/aromatic N) is 3. The molecular weight excluding hydrogens is 249 g/mol. The summed E-state index contributed by atoms with van der Waals surface area (Å²) in [5, 5.41) is 4.15. The van der Waals surface area contributed by atoms with Gasteiger partial charge in [0.1, 0.15) is 12.5 Å². The van der Waals surface area contributed by atoms with Gasteiger partial charge in [-0.3, -0.25) is 4.90 Å². The molecule has 0 bridgehead atoms. The lowest BCUT2D eigenvalue weighted by Gasteiger charge is -2.12. The number of halogens is 1. The molecule has 19 heavy (non-hydrogen) atoms. The SMILES string of the molecule is O=c1oc(-c2ccc(F)cc2)nn1CN1CCCC1. The second kappa shape index (κ2) is 4.97. The average molecular weight is 263 g/mol. The molecule has 0 spiro atoms. The van der Waals surface area contributed by atoms with Crippen molar-refractivity contribution in [2.75, 3.05) is 13.1 Å². The minimum atomic E-state index is -0.480. The predicted octanol–water partition coefficient (Wildman–Crippen LogP) is 1.70. The minimum absolute atomic E-state index is 0.226. The molecule has 0 unspecified atom stereocenters. The molecule has 0 amide bonds. The summed E-state index contributed by atoms with van der Waals surface area (Å²) in [4.78, 5) is 13.9. The first-order chi connectivity index (χ1) is 9.22. The monoisotopic (exact) mass is 263 g/mol. The summed E-state index contributed by atoms with van der Waals surface area (Å²) in [6, 6.07) is 5.71.